The van der Waals surface area contributed by atoms with Crippen molar-refractivity contribution in [2.45, 2.75) is 26.4 Å². The number of pyridine rings is 1. The molecule has 2 aromatic heterocycles. The summed E-state index contributed by atoms with van der Waals surface area (Å²) in [6, 6.07) is 5.40. The molecular weight excluding hydrogens is 242 g/mol. The van der Waals surface area contributed by atoms with E-state index in [1.54, 1.807) is 10.9 Å². The van der Waals surface area contributed by atoms with Crippen molar-refractivity contribution in [1.29, 1.82) is 0 Å². The second kappa shape index (κ2) is 5.51. The third-order valence-corrected chi connectivity index (χ3v) is 2.86. The number of carbonyl (C=O) groups is 1. The summed E-state index contributed by atoms with van der Waals surface area (Å²) < 4.78 is 1.58. The Kier molecular flexibility index (Phi) is 3.79. The predicted octanol–water partition coefficient (Wildman–Crippen LogP) is 1.37. The highest BCUT2D eigenvalue weighted by Gasteiger charge is 2.18. The number of nitrogens with two attached hydrogens (primary N) is 1. The molecule has 0 aliphatic carbocycles. The molecule has 2 aromatic rings. The van der Waals surface area contributed by atoms with Crippen molar-refractivity contribution < 1.29 is 4.79 Å². The van der Waals surface area contributed by atoms with Crippen LogP contribution in [0.5, 0.6) is 0 Å². The van der Waals surface area contributed by atoms with Crippen LogP contribution in [-0.4, -0.2) is 20.7 Å². The lowest BCUT2D eigenvalue weighted by atomic mass is 10.2. The summed E-state index contributed by atoms with van der Waals surface area (Å²) in [7, 11) is 0. The molecule has 3 N–H and O–H groups in total. The number of aromatic nitrogens is 3. The number of amides is 1. The topological polar surface area (TPSA) is 85.8 Å². The molecule has 0 radical (unpaired) electrons. The van der Waals surface area contributed by atoms with E-state index in [2.05, 4.69) is 15.4 Å². The fourth-order valence-electron chi connectivity index (χ4n) is 1.86. The minimum Gasteiger partial charge on any atom is -0.396 e. The summed E-state index contributed by atoms with van der Waals surface area (Å²) in [6.45, 7) is 4.38. The number of nitrogens with zero attached hydrogens (tertiary/aromatic N) is 3. The molecule has 0 aliphatic heterocycles. The third kappa shape index (κ3) is 2.73. The monoisotopic (exact) mass is 259 g/mol. The largest absolute Gasteiger partial charge is 0.396 e. The van der Waals surface area contributed by atoms with Gasteiger partial charge in [0.05, 0.1) is 23.6 Å². The van der Waals surface area contributed by atoms with Gasteiger partial charge in [-0.15, -0.1) is 0 Å². The van der Waals surface area contributed by atoms with Gasteiger partial charge in [0.1, 0.15) is 5.69 Å². The van der Waals surface area contributed by atoms with Crippen LogP contribution in [-0.2, 0) is 6.54 Å². The van der Waals surface area contributed by atoms with E-state index in [1.807, 2.05) is 32.0 Å². The van der Waals surface area contributed by atoms with Crippen LogP contribution in [0.15, 0.2) is 30.6 Å². The minimum absolute atomic E-state index is 0.187. The van der Waals surface area contributed by atoms with Crippen LogP contribution in [0.1, 0.15) is 36.1 Å². The SMILES string of the molecule is CCn1ncc(N)c1C(=O)NC(C)c1ccccn1. The van der Waals surface area contributed by atoms with Crippen molar-refractivity contribution in [3.63, 3.8) is 0 Å². The van der Waals surface area contributed by atoms with Crippen molar-refractivity contribution in [3.05, 3.63) is 42.0 Å². The predicted molar refractivity (Wildman–Crippen MR) is 72.4 cm³/mol. The normalized spacial score (nSPS) is 12.1. The zero-order chi connectivity index (χ0) is 13.8. The highest BCUT2D eigenvalue weighted by atomic mass is 16.2. The Morgan fingerprint density at radius 2 is 2.32 bits per heavy atom. The molecule has 1 unspecified atom stereocenters. The lowest BCUT2D eigenvalue weighted by Gasteiger charge is -2.14. The summed E-state index contributed by atoms with van der Waals surface area (Å²) in [6.07, 6.45) is 3.19. The molecule has 0 spiro atoms. The lowest BCUT2D eigenvalue weighted by molar-refractivity contribution is 0.0929. The van der Waals surface area contributed by atoms with E-state index < -0.39 is 0 Å². The number of aryl methyl sites for hydroxylation is 1. The minimum atomic E-state index is -0.241. The van der Waals surface area contributed by atoms with E-state index in [0.29, 0.717) is 17.9 Å². The Balaban J connectivity index is 2.15. The Bertz CT molecular complexity index is 564. The van der Waals surface area contributed by atoms with Gasteiger partial charge in [0, 0.05) is 12.7 Å². The summed E-state index contributed by atoms with van der Waals surface area (Å²) in [4.78, 5) is 16.4. The van der Waals surface area contributed by atoms with Crippen LogP contribution < -0.4 is 11.1 Å². The third-order valence-electron chi connectivity index (χ3n) is 2.86. The van der Waals surface area contributed by atoms with Gasteiger partial charge in [-0.2, -0.15) is 5.10 Å². The number of hydrogen-bond acceptors (Lipinski definition) is 4. The Morgan fingerprint density at radius 3 is 2.95 bits per heavy atom. The van der Waals surface area contributed by atoms with E-state index >= 15 is 0 Å². The fourth-order valence-corrected chi connectivity index (χ4v) is 1.86. The molecule has 2 rings (SSSR count). The molecule has 19 heavy (non-hydrogen) atoms. The molecule has 100 valence electrons. The van der Waals surface area contributed by atoms with Crippen molar-refractivity contribution in [1.82, 2.24) is 20.1 Å². The van der Waals surface area contributed by atoms with E-state index in [0.717, 1.165) is 5.69 Å². The van der Waals surface area contributed by atoms with Crippen molar-refractivity contribution in [2.75, 3.05) is 5.73 Å². The van der Waals surface area contributed by atoms with Crippen molar-refractivity contribution in [2.24, 2.45) is 0 Å². The first-order valence-electron chi connectivity index (χ1n) is 6.16. The number of nitrogen functional groups attached to an aromatic ring is 1. The van der Waals surface area contributed by atoms with Gasteiger partial charge >= 0.3 is 0 Å². The number of anilines is 1. The van der Waals surface area contributed by atoms with Gasteiger partial charge in [-0.25, -0.2) is 0 Å². The molecule has 0 aromatic carbocycles. The van der Waals surface area contributed by atoms with E-state index in [-0.39, 0.29) is 11.9 Å². The lowest BCUT2D eigenvalue weighted by Crippen LogP contribution is -2.30. The molecule has 6 nitrogen and oxygen atoms in total. The fraction of sp³-hybridized carbons (Fsp3) is 0.308. The van der Waals surface area contributed by atoms with Gasteiger partial charge in [0.25, 0.3) is 5.91 Å². The molecule has 0 saturated carbocycles. The average Bonchev–Trinajstić information content (AvgIpc) is 2.80. The van der Waals surface area contributed by atoms with Gasteiger partial charge in [-0.3, -0.25) is 14.5 Å². The molecule has 1 amide bonds. The second-order valence-corrected chi connectivity index (χ2v) is 4.21. The van der Waals surface area contributed by atoms with E-state index in [1.165, 1.54) is 6.20 Å². The zero-order valence-corrected chi connectivity index (χ0v) is 11.0. The van der Waals surface area contributed by atoms with Crippen LogP contribution in [0.25, 0.3) is 0 Å². The highest BCUT2D eigenvalue weighted by Crippen LogP contribution is 2.14. The van der Waals surface area contributed by atoms with Crippen LogP contribution in [0, 0.1) is 0 Å². The van der Waals surface area contributed by atoms with Crippen molar-refractivity contribution in [3.8, 4) is 0 Å². The smallest absolute Gasteiger partial charge is 0.272 e. The first kappa shape index (κ1) is 13.1. The maximum Gasteiger partial charge on any atom is 0.272 e. The van der Waals surface area contributed by atoms with Crippen LogP contribution in [0.4, 0.5) is 5.69 Å². The van der Waals surface area contributed by atoms with E-state index in [9.17, 15) is 4.79 Å². The zero-order valence-electron chi connectivity index (χ0n) is 11.0. The summed E-state index contributed by atoms with van der Waals surface area (Å²) in [5, 5.41) is 6.92. The number of carbonyl (C=O) groups excluding carboxylic acids is 1. The molecule has 2 heterocycles. The molecule has 0 saturated heterocycles. The summed E-state index contributed by atoms with van der Waals surface area (Å²) in [5.41, 5.74) is 7.35. The maximum absolute atomic E-state index is 12.2. The summed E-state index contributed by atoms with van der Waals surface area (Å²) >= 11 is 0. The molecule has 0 bridgehead atoms. The van der Waals surface area contributed by atoms with Gasteiger partial charge in [0.15, 0.2) is 0 Å². The maximum atomic E-state index is 12.2. The van der Waals surface area contributed by atoms with Crippen LogP contribution >= 0.6 is 0 Å². The van der Waals surface area contributed by atoms with E-state index in [4.69, 9.17) is 5.73 Å². The van der Waals surface area contributed by atoms with Gasteiger partial charge in [-0.05, 0) is 26.0 Å². The Labute approximate surface area is 111 Å². The average molecular weight is 259 g/mol. The molecule has 6 heteroatoms. The quantitative estimate of drug-likeness (QED) is 0.868. The standard InChI is InChI=1S/C13H17N5O/c1-3-18-12(10(14)8-16-18)13(19)17-9(2)11-6-4-5-7-15-11/h4-9H,3,14H2,1-2H3,(H,17,19). The number of nitrogens with one attached hydrogen (secondary N) is 1. The molecule has 0 fully saturated rings. The van der Waals surface area contributed by atoms with Crippen LogP contribution in [0.3, 0.4) is 0 Å². The van der Waals surface area contributed by atoms with Crippen molar-refractivity contribution >= 4 is 11.6 Å². The number of rotatable bonds is 4. The molecule has 0 aliphatic rings. The second-order valence-electron chi connectivity index (χ2n) is 4.21. The highest BCUT2D eigenvalue weighted by molar-refractivity contribution is 5.97. The van der Waals surface area contributed by atoms with Gasteiger partial charge in [0.2, 0.25) is 0 Å². The molecular formula is C13H17N5O. The number of hydrogen-bond donors (Lipinski definition) is 2. The van der Waals surface area contributed by atoms with Gasteiger partial charge < -0.3 is 11.1 Å². The Hall–Kier alpha value is -2.37. The summed E-state index contributed by atoms with van der Waals surface area (Å²) in [5.74, 6) is -0.241. The Morgan fingerprint density at radius 1 is 1.53 bits per heavy atom. The first-order valence-corrected chi connectivity index (χ1v) is 6.16. The van der Waals surface area contributed by atoms with Crippen LogP contribution in [0.2, 0.25) is 0 Å². The molecule has 1 atom stereocenters. The first-order chi connectivity index (χ1) is 9.13. The van der Waals surface area contributed by atoms with Gasteiger partial charge in [-0.1, -0.05) is 6.07 Å².